The first-order valence-corrected chi connectivity index (χ1v) is 7.50. The maximum absolute atomic E-state index is 12.4. The topological polar surface area (TPSA) is 69.6 Å². The molecule has 120 valence electrons. The molecule has 0 aliphatic rings. The molecule has 4 aromatic rings. The van der Waals surface area contributed by atoms with Crippen LogP contribution in [0.5, 0.6) is 5.75 Å². The van der Waals surface area contributed by atoms with Crippen molar-refractivity contribution in [1.29, 1.82) is 0 Å². The van der Waals surface area contributed by atoms with Gasteiger partial charge in [0.25, 0.3) is 0 Å². The van der Waals surface area contributed by atoms with Crippen molar-refractivity contribution in [3.8, 4) is 17.0 Å². The lowest BCUT2D eigenvalue weighted by atomic mass is 10.1. The van der Waals surface area contributed by atoms with Gasteiger partial charge in [0.1, 0.15) is 11.3 Å². The molecule has 6 heteroatoms. The number of hydrogen-bond donors (Lipinski definition) is 0. The number of imidazole rings is 1. The van der Waals surface area contributed by atoms with Gasteiger partial charge in [0.2, 0.25) is 0 Å². The zero-order valence-corrected chi connectivity index (χ0v) is 13.5. The van der Waals surface area contributed by atoms with Crippen molar-refractivity contribution in [2.45, 2.75) is 13.8 Å². The van der Waals surface area contributed by atoms with Crippen LogP contribution in [0.3, 0.4) is 0 Å². The number of fused-ring (bicyclic) bond motifs is 2. The Kier molecular flexibility index (Phi) is 3.13. The normalized spacial score (nSPS) is 11.3. The molecule has 0 radical (unpaired) electrons. The number of benzene rings is 1. The number of aryl methyl sites for hydroxylation is 2. The standard InChI is InChI=1S/C18H15N3O3/c1-10-8-21-9-15(20-17(21)11(2)19-10)14-6-12-4-5-13(23-3)7-16(12)24-18(14)22/h4-9H,1-3H3. The lowest BCUT2D eigenvalue weighted by Gasteiger charge is -2.02. The molecule has 0 unspecified atom stereocenters. The molecule has 0 N–H and O–H groups in total. The van der Waals surface area contributed by atoms with Crippen LogP contribution in [0.2, 0.25) is 0 Å². The minimum absolute atomic E-state index is 0.424. The molecule has 0 bridgehead atoms. The Morgan fingerprint density at radius 2 is 1.96 bits per heavy atom. The quantitative estimate of drug-likeness (QED) is 0.531. The van der Waals surface area contributed by atoms with E-state index >= 15 is 0 Å². The van der Waals surface area contributed by atoms with Crippen LogP contribution >= 0.6 is 0 Å². The molecule has 0 amide bonds. The van der Waals surface area contributed by atoms with Crippen LogP contribution in [0.4, 0.5) is 0 Å². The van der Waals surface area contributed by atoms with E-state index in [1.807, 2.05) is 42.8 Å². The van der Waals surface area contributed by atoms with Gasteiger partial charge in [-0.2, -0.15) is 0 Å². The predicted octanol–water partition coefficient (Wildman–Crippen LogP) is 3.13. The minimum atomic E-state index is -0.429. The molecule has 3 aromatic heterocycles. The summed E-state index contributed by atoms with van der Waals surface area (Å²) in [5.74, 6) is 0.642. The molecule has 0 saturated carbocycles. The third-order valence-corrected chi connectivity index (χ3v) is 3.94. The molecular weight excluding hydrogens is 306 g/mol. The van der Waals surface area contributed by atoms with Gasteiger partial charge in [-0.3, -0.25) is 4.98 Å². The lowest BCUT2D eigenvalue weighted by molar-refractivity contribution is 0.414. The van der Waals surface area contributed by atoms with Crippen LogP contribution in [0.1, 0.15) is 11.4 Å². The molecule has 4 rings (SSSR count). The number of ether oxygens (including phenoxy) is 1. The third kappa shape index (κ3) is 2.23. The highest BCUT2D eigenvalue weighted by Crippen LogP contribution is 2.24. The van der Waals surface area contributed by atoms with Crippen LogP contribution in [0.15, 0.2) is 45.9 Å². The van der Waals surface area contributed by atoms with Crippen molar-refractivity contribution >= 4 is 16.6 Å². The van der Waals surface area contributed by atoms with Gasteiger partial charge < -0.3 is 13.6 Å². The van der Waals surface area contributed by atoms with Crippen LogP contribution in [-0.2, 0) is 0 Å². The zero-order chi connectivity index (χ0) is 16.8. The Bertz CT molecular complexity index is 1140. The maximum atomic E-state index is 12.4. The smallest absolute Gasteiger partial charge is 0.345 e. The van der Waals surface area contributed by atoms with Gasteiger partial charge in [0.15, 0.2) is 5.65 Å². The van der Waals surface area contributed by atoms with Crippen LogP contribution in [0.25, 0.3) is 27.9 Å². The van der Waals surface area contributed by atoms with Crippen LogP contribution in [0, 0.1) is 13.8 Å². The van der Waals surface area contributed by atoms with E-state index in [2.05, 4.69) is 9.97 Å². The average Bonchev–Trinajstić information content (AvgIpc) is 2.97. The summed E-state index contributed by atoms with van der Waals surface area (Å²) in [5.41, 5.74) is 3.48. The first-order valence-electron chi connectivity index (χ1n) is 7.50. The summed E-state index contributed by atoms with van der Waals surface area (Å²) in [7, 11) is 1.57. The first-order chi connectivity index (χ1) is 11.5. The molecule has 0 spiro atoms. The summed E-state index contributed by atoms with van der Waals surface area (Å²) in [6, 6.07) is 7.17. The fourth-order valence-electron chi connectivity index (χ4n) is 2.83. The van der Waals surface area contributed by atoms with Crippen LogP contribution in [-0.4, -0.2) is 21.5 Å². The highest BCUT2D eigenvalue weighted by molar-refractivity contribution is 5.82. The van der Waals surface area contributed by atoms with Crippen molar-refractivity contribution in [2.75, 3.05) is 7.11 Å². The van der Waals surface area contributed by atoms with Crippen molar-refractivity contribution in [1.82, 2.24) is 14.4 Å². The van der Waals surface area contributed by atoms with E-state index in [0.717, 1.165) is 22.4 Å². The Balaban J connectivity index is 1.94. The van der Waals surface area contributed by atoms with E-state index in [0.29, 0.717) is 22.6 Å². The SMILES string of the molecule is COc1ccc2cc(-c3cn4cc(C)nc(C)c4n3)c(=O)oc2c1. The summed E-state index contributed by atoms with van der Waals surface area (Å²) in [6.07, 6.45) is 3.70. The molecule has 0 aliphatic carbocycles. The van der Waals surface area contributed by atoms with Gasteiger partial charge in [-0.05, 0) is 32.0 Å². The molecule has 1 aromatic carbocycles. The number of aromatic nitrogens is 3. The van der Waals surface area contributed by atoms with E-state index in [4.69, 9.17) is 9.15 Å². The number of methoxy groups -OCH3 is 1. The second-order valence-electron chi connectivity index (χ2n) is 5.68. The first kappa shape index (κ1) is 14.4. The number of nitrogens with zero attached hydrogens (tertiary/aromatic N) is 3. The van der Waals surface area contributed by atoms with E-state index in [-0.39, 0.29) is 0 Å². The zero-order valence-electron chi connectivity index (χ0n) is 13.5. The molecule has 0 saturated heterocycles. The third-order valence-electron chi connectivity index (χ3n) is 3.94. The molecule has 0 fully saturated rings. The predicted molar refractivity (Wildman–Crippen MR) is 90.5 cm³/mol. The molecule has 6 nitrogen and oxygen atoms in total. The number of rotatable bonds is 2. The molecule has 3 heterocycles. The molecule has 0 atom stereocenters. The van der Waals surface area contributed by atoms with Crippen molar-refractivity contribution in [2.24, 2.45) is 0 Å². The van der Waals surface area contributed by atoms with E-state index in [1.165, 1.54) is 0 Å². The minimum Gasteiger partial charge on any atom is -0.497 e. The lowest BCUT2D eigenvalue weighted by Crippen LogP contribution is -2.02. The Morgan fingerprint density at radius 3 is 2.75 bits per heavy atom. The van der Waals surface area contributed by atoms with Gasteiger partial charge >= 0.3 is 5.63 Å². The highest BCUT2D eigenvalue weighted by atomic mass is 16.5. The van der Waals surface area contributed by atoms with E-state index < -0.39 is 5.63 Å². The summed E-state index contributed by atoms with van der Waals surface area (Å²) >= 11 is 0. The van der Waals surface area contributed by atoms with Crippen molar-refractivity contribution < 1.29 is 9.15 Å². The second-order valence-corrected chi connectivity index (χ2v) is 5.68. The Morgan fingerprint density at radius 1 is 1.12 bits per heavy atom. The molecular formula is C18H15N3O3. The monoisotopic (exact) mass is 321 g/mol. The van der Waals surface area contributed by atoms with Gasteiger partial charge in [0, 0.05) is 23.8 Å². The summed E-state index contributed by atoms with van der Waals surface area (Å²) in [5, 5.41) is 0.813. The molecule has 0 aliphatic heterocycles. The summed E-state index contributed by atoms with van der Waals surface area (Å²) < 4.78 is 12.5. The average molecular weight is 321 g/mol. The van der Waals surface area contributed by atoms with E-state index in [9.17, 15) is 4.79 Å². The van der Waals surface area contributed by atoms with Crippen molar-refractivity contribution in [3.05, 3.63) is 58.5 Å². The number of hydrogen-bond acceptors (Lipinski definition) is 5. The van der Waals surface area contributed by atoms with Crippen molar-refractivity contribution in [3.63, 3.8) is 0 Å². The van der Waals surface area contributed by atoms with Gasteiger partial charge in [-0.1, -0.05) is 0 Å². The Hall–Kier alpha value is -3.15. The largest absolute Gasteiger partial charge is 0.497 e. The second kappa shape index (κ2) is 5.19. The van der Waals surface area contributed by atoms with Gasteiger partial charge in [-0.15, -0.1) is 0 Å². The summed E-state index contributed by atoms with van der Waals surface area (Å²) in [6.45, 7) is 3.82. The fourth-order valence-corrected chi connectivity index (χ4v) is 2.83. The molecule has 24 heavy (non-hydrogen) atoms. The van der Waals surface area contributed by atoms with Gasteiger partial charge in [-0.25, -0.2) is 9.78 Å². The van der Waals surface area contributed by atoms with Crippen LogP contribution < -0.4 is 10.4 Å². The Labute approximate surface area is 137 Å². The van der Waals surface area contributed by atoms with Gasteiger partial charge in [0.05, 0.1) is 29.8 Å². The fraction of sp³-hybridized carbons (Fsp3) is 0.167. The highest BCUT2D eigenvalue weighted by Gasteiger charge is 2.13. The van der Waals surface area contributed by atoms with E-state index in [1.54, 1.807) is 19.2 Å². The summed E-state index contributed by atoms with van der Waals surface area (Å²) in [4.78, 5) is 21.3. The maximum Gasteiger partial charge on any atom is 0.345 e.